The zero-order valence-corrected chi connectivity index (χ0v) is 26.5. The second-order valence-electron chi connectivity index (χ2n) is 12.2. The third kappa shape index (κ3) is 5.79. The molecule has 1 aromatic heterocycles. The third-order valence-electron chi connectivity index (χ3n) is 9.25. The number of benzene rings is 2. The predicted molar refractivity (Wildman–Crippen MR) is 170 cm³/mol. The second-order valence-corrected chi connectivity index (χ2v) is 12.2. The average Bonchev–Trinajstić information content (AvgIpc) is 3.59. The lowest BCUT2D eigenvalue weighted by Gasteiger charge is -2.29. The fourth-order valence-corrected chi connectivity index (χ4v) is 6.42. The maximum Gasteiger partial charge on any atom is 0.330 e. The van der Waals surface area contributed by atoms with Gasteiger partial charge in [0.1, 0.15) is 29.2 Å². The largest absolute Gasteiger partial charge is 0.497 e. The van der Waals surface area contributed by atoms with E-state index in [0.29, 0.717) is 47.1 Å². The van der Waals surface area contributed by atoms with E-state index in [1.165, 1.54) is 4.90 Å². The van der Waals surface area contributed by atoms with E-state index < -0.39 is 29.6 Å². The number of rotatable bonds is 6. The van der Waals surface area contributed by atoms with Crippen LogP contribution in [-0.2, 0) is 9.59 Å². The summed E-state index contributed by atoms with van der Waals surface area (Å²) in [7, 11) is 4.92. The highest BCUT2D eigenvalue weighted by atomic mass is 16.5. The number of methoxy groups -OCH3 is 2. The molecule has 0 radical (unpaired) electrons. The normalized spacial score (nSPS) is 24.9. The van der Waals surface area contributed by atoms with Crippen LogP contribution in [-0.4, -0.2) is 94.8 Å². The van der Waals surface area contributed by atoms with Crippen LogP contribution in [0.5, 0.6) is 17.4 Å². The Kier molecular flexibility index (Phi) is 8.45. The summed E-state index contributed by atoms with van der Waals surface area (Å²) in [6, 6.07) is 9.82. The Balaban J connectivity index is 1.35. The van der Waals surface area contributed by atoms with Crippen LogP contribution in [0.3, 0.4) is 0 Å². The minimum atomic E-state index is -1.37. The van der Waals surface area contributed by atoms with Crippen LogP contribution < -0.4 is 19.5 Å². The lowest BCUT2D eigenvalue weighted by molar-refractivity contribution is -0.144. The van der Waals surface area contributed by atoms with Crippen molar-refractivity contribution in [3.8, 4) is 28.8 Å². The van der Waals surface area contributed by atoms with E-state index in [9.17, 15) is 19.5 Å². The summed E-state index contributed by atoms with van der Waals surface area (Å²) in [5.74, 6) is 0.240. The number of aromatic nitrogens is 2. The Hall–Kier alpha value is -4.87. The standard InChI is InChI=1S/C34H39N5O7/c1-20-27(45-4)15-14-25-28(20)35-29(21-10-12-23(44-3)13-11-21)36-31(25)46-24-17-26-30(40)37-34(32(41)42)18-22(34)9-7-5-6-8-16-38(2)33(43)39(26)19-24/h7,9-15,22,24,26H,5-6,8,16-19H2,1-4H3,(H,37,40)(H,41,42)/t22-,24-,26+,34-/m1/s1. The first kappa shape index (κ1) is 31.1. The van der Waals surface area contributed by atoms with Gasteiger partial charge in [-0.25, -0.2) is 14.6 Å². The lowest BCUT2D eigenvalue weighted by atomic mass is 10.1. The lowest BCUT2D eigenvalue weighted by Crippen LogP contribution is -2.54. The van der Waals surface area contributed by atoms with Gasteiger partial charge < -0.3 is 34.4 Å². The molecule has 1 aliphatic carbocycles. The summed E-state index contributed by atoms with van der Waals surface area (Å²) in [5.41, 5.74) is 0.843. The highest BCUT2D eigenvalue weighted by Gasteiger charge is 2.61. The van der Waals surface area contributed by atoms with Crippen LogP contribution in [0.2, 0.25) is 0 Å². The van der Waals surface area contributed by atoms with Gasteiger partial charge in [0, 0.05) is 37.1 Å². The molecule has 2 N–H and O–H groups in total. The van der Waals surface area contributed by atoms with Gasteiger partial charge >= 0.3 is 12.0 Å². The number of allylic oxidation sites excluding steroid dienone is 1. The van der Waals surface area contributed by atoms with E-state index in [2.05, 4.69) is 5.32 Å². The first-order valence-corrected chi connectivity index (χ1v) is 15.6. The Bertz CT molecular complexity index is 1690. The van der Waals surface area contributed by atoms with Crippen molar-refractivity contribution in [2.24, 2.45) is 5.92 Å². The zero-order chi connectivity index (χ0) is 32.6. The van der Waals surface area contributed by atoms with Gasteiger partial charge in [0.25, 0.3) is 0 Å². The molecule has 3 aliphatic rings. The van der Waals surface area contributed by atoms with Crippen LogP contribution >= 0.6 is 0 Å². The summed E-state index contributed by atoms with van der Waals surface area (Å²) in [6.07, 6.45) is 6.19. The molecule has 2 aromatic carbocycles. The number of hydrogen-bond acceptors (Lipinski definition) is 8. The summed E-state index contributed by atoms with van der Waals surface area (Å²) in [5, 5.41) is 13.5. The number of carbonyl (C=O) groups is 3. The molecule has 0 unspecified atom stereocenters. The number of fused-ring (bicyclic) bond motifs is 3. The van der Waals surface area contributed by atoms with Crippen LogP contribution in [0.4, 0.5) is 4.79 Å². The molecule has 3 heterocycles. The minimum Gasteiger partial charge on any atom is -0.497 e. The minimum absolute atomic E-state index is 0.128. The van der Waals surface area contributed by atoms with Gasteiger partial charge in [-0.2, -0.15) is 4.98 Å². The van der Waals surface area contributed by atoms with Crippen molar-refractivity contribution in [2.75, 3.05) is 34.4 Å². The van der Waals surface area contributed by atoms with E-state index in [4.69, 9.17) is 24.2 Å². The second kappa shape index (κ2) is 12.5. The Morgan fingerprint density at radius 3 is 2.57 bits per heavy atom. The number of hydrogen-bond donors (Lipinski definition) is 2. The molecule has 3 amide bonds. The highest BCUT2D eigenvalue weighted by Crippen LogP contribution is 2.45. The Morgan fingerprint density at radius 2 is 1.85 bits per heavy atom. The number of nitrogens with zero attached hydrogens (tertiary/aromatic N) is 4. The van der Waals surface area contributed by atoms with Crippen molar-refractivity contribution in [3.63, 3.8) is 0 Å². The van der Waals surface area contributed by atoms with Gasteiger partial charge in [0.15, 0.2) is 5.82 Å². The van der Waals surface area contributed by atoms with Gasteiger partial charge in [0.2, 0.25) is 11.8 Å². The van der Waals surface area contributed by atoms with Crippen LogP contribution in [0, 0.1) is 12.8 Å². The van der Waals surface area contributed by atoms with E-state index in [1.807, 2.05) is 55.5 Å². The number of nitrogens with one attached hydrogen (secondary N) is 1. The number of aryl methyl sites for hydroxylation is 1. The van der Waals surface area contributed by atoms with Gasteiger partial charge in [-0.1, -0.05) is 12.2 Å². The number of carbonyl (C=O) groups excluding carboxylic acids is 2. The van der Waals surface area contributed by atoms with Crippen LogP contribution in [0.1, 0.15) is 37.7 Å². The average molecular weight is 630 g/mol. The zero-order valence-electron chi connectivity index (χ0n) is 26.5. The molecule has 242 valence electrons. The number of aliphatic carboxylic acids is 1. The topological polar surface area (TPSA) is 143 Å². The molecule has 6 rings (SSSR count). The van der Waals surface area contributed by atoms with Crippen LogP contribution in [0.15, 0.2) is 48.6 Å². The molecule has 1 saturated carbocycles. The van der Waals surface area contributed by atoms with Gasteiger partial charge in [-0.15, -0.1) is 0 Å². The van der Waals surface area contributed by atoms with Gasteiger partial charge in [-0.05, 0) is 69.0 Å². The van der Waals surface area contributed by atoms with Crippen molar-refractivity contribution in [2.45, 2.75) is 56.7 Å². The van der Waals surface area contributed by atoms with Crippen molar-refractivity contribution in [1.82, 2.24) is 25.1 Å². The molecule has 46 heavy (non-hydrogen) atoms. The molecular formula is C34H39N5O7. The monoisotopic (exact) mass is 629 g/mol. The smallest absolute Gasteiger partial charge is 0.330 e. The number of amides is 3. The predicted octanol–water partition coefficient (Wildman–Crippen LogP) is 4.20. The third-order valence-corrected chi connectivity index (χ3v) is 9.25. The van der Waals surface area contributed by atoms with E-state index in [1.54, 1.807) is 26.2 Å². The fraction of sp³-hybridized carbons (Fsp3) is 0.441. The summed E-state index contributed by atoms with van der Waals surface area (Å²) in [6.45, 7) is 2.58. The number of urea groups is 1. The Morgan fingerprint density at radius 1 is 1.07 bits per heavy atom. The number of ether oxygens (including phenoxy) is 3. The fourth-order valence-electron chi connectivity index (χ4n) is 6.42. The SMILES string of the molecule is COc1ccc(-c2nc(O[C@@H]3C[C@H]4C(=O)N[C@]5(C(=O)O)C[C@H]5C=CCCCCN(C)C(=O)N4C3)c3ccc(OC)c(C)c3n2)cc1. The molecule has 0 bridgehead atoms. The molecular weight excluding hydrogens is 590 g/mol. The van der Waals surface area contributed by atoms with E-state index in [0.717, 1.165) is 30.4 Å². The number of carboxylic acid groups (broad SMARTS) is 1. The molecule has 0 spiro atoms. The maximum absolute atomic E-state index is 13.8. The molecule has 4 atom stereocenters. The number of carboxylic acids is 1. The first-order chi connectivity index (χ1) is 22.1. The molecule has 12 nitrogen and oxygen atoms in total. The molecule has 2 aliphatic heterocycles. The highest BCUT2D eigenvalue weighted by molar-refractivity contribution is 5.95. The van der Waals surface area contributed by atoms with E-state index in [-0.39, 0.29) is 24.9 Å². The van der Waals surface area contributed by atoms with Crippen molar-refractivity contribution < 1.29 is 33.7 Å². The maximum atomic E-state index is 13.8. The molecule has 2 fully saturated rings. The van der Waals surface area contributed by atoms with Crippen molar-refractivity contribution >= 4 is 28.8 Å². The van der Waals surface area contributed by atoms with E-state index >= 15 is 0 Å². The van der Waals surface area contributed by atoms with Gasteiger partial charge in [0.05, 0.1) is 31.7 Å². The summed E-state index contributed by atoms with van der Waals surface area (Å²) >= 11 is 0. The van der Waals surface area contributed by atoms with Crippen molar-refractivity contribution in [3.05, 3.63) is 54.1 Å². The molecule has 12 heteroatoms. The summed E-state index contributed by atoms with van der Waals surface area (Å²) < 4.78 is 17.4. The van der Waals surface area contributed by atoms with Gasteiger partial charge in [-0.3, -0.25) is 4.79 Å². The first-order valence-electron chi connectivity index (χ1n) is 15.6. The summed E-state index contributed by atoms with van der Waals surface area (Å²) in [4.78, 5) is 52.6. The quantitative estimate of drug-likeness (QED) is 0.384. The molecule has 3 aromatic rings. The molecule has 1 saturated heterocycles. The Labute approximate surface area is 267 Å². The van der Waals surface area contributed by atoms with Crippen LogP contribution in [0.25, 0.3) is 22.3 Å². The van der Waals surface area contributed by atoms with Crippen molar-refractivity contribution in [1.29, 1.82) is 0 Å².